The fourth-order valence-electron chi connectivity index (χ4n) is 11.3. The zero-order valence-electron chi connectivity index (χ0n) is 46.4. The third-order valence-electron chi connectivity index (χ3n) is 13.8. The van der Waals surface area contributed by atoms with Gasteiger partial charge in [0.2, 0.25) is 5.69 Å². The maximum atomic E-state index is 12.6. The standard InChI is InChI=1S/C60H80N5O9S/c1-42-33-44(35-47(34-42)45-27-31-51(32-28-45)75(72,73)74)23-21-19-17-15-13-14-16-18-20-22-24-46-26-30-49(37-53(46)60(11,12)41-58(6,7)8)62(48-29-25-43(2)52(36-48)59(9,10)40-57(3,4)5)61-56-54(64(68)69)38-50(63(66)67)39-55(56)65(70)71/h25-39H,13-24,40-41H2,1-12H3,(H,72,73,74). The number of nitro benzene ring substituents is 3. The maximum Gasteiger partial charge on any atom is 0.310 e. The van der Waals surface area contributed by atoms with Crippen LogP contribution in [0.15, 0.2) is 95.9 Å². The topological polar surface area (TPSA) is 201 Å². The number of benzene rings is 5. The predicted octanol–water partition coefficient (Wildman–Crippen LogP) is 17.0. The van der Waals surface area contributed by atoms with E-state index in [2.05, 4.69) is 106 Å². The fourth-order valence-corrected chi connectivity index (χ4v) is 11.8. The molecule has 5 rings (SSSR count). The third-order valence-corrected chi connectivity index (χ3v) is 14.7. The first-order valence-electron chi connectivity index (χ1n) is 26.4. The summed E-state index contributed by atoms with van der Waals surface area (Å²) in [5, 5.41) is 38.5. The minimum atomic E-state index is -4.24. The molecule has 0 fully saturated rings. The SMILES string of the molecule is Cc1cc(CCCCCCCCCCCCc2ccc(N([N]c3c([N+](=O)[O-])cc([N+](=O)[O-])cc3[N+](=O)[O-])c3ccc(C)c(C(C)(C)CC(C)(C)C)c3)cc2C(C)(C)CC(C)(C)C)cc(-c2ccc(S(=O)(=O)O)cc2)c1. The number of aryl methyl sites for hydroxylation is 4. The van der Waals surface area contributed by atoms with Crippen LogP contribution in [0.2, 0.25) is 0 Å². The summed E-state index contributed by atoms with van der Waals surface area (Å²) in [7, 11) is -4.24. The smallest absolute Gasteiger partial charge is 0.282 e. The fraction of sp³-hybridized carbons (Fsp3) is 0.500. The van der Waals surface area contributed by atoms with E-state index in [1.165, 1.54) is 60.4 Å². The molecule has 1 N–H and O–H groups in total. The van der Waals surface area contributed by atoms with Crippen LogP contribution in [0, 0.1) is 55.0 Å². The van der Waals surface area contributed by atoms with Crippen molar-refractivity contribution in [3.8, 4) is 11.1 Å². The summed E-state index contributed by atoms with van der Waals surface area (Å²) in [4.78, 5) is 34.3. The van der Waals surface area contributed by atoms with Gasteiger partial charge in [0.1, 0.15) is 0 Å². The quantitative estimate of drug-likeness (QED) is 0.0240. The van der Waals surface area contributed by atoms with Crippen molar-refractivity contribution in [3.05, 3.63) is 155 Å². The molecule has 0 bridgehead atoms. The highest BCUT2D eigenvalue weighted by Crippen LogP contribution is 2.45. The molecule has 0 atom stereocenters. The summed E-state index contributed by atoms with van der Waals surface area (Å²) >= 11 is 0. The van der Waals surface area contributed by atoms with Crippen LogP contribution in [-0.2, 0) is 33.8 Å². The number of rotatable bonds is 26. The van der Waals surface area contributed by atoms with E-state index in [4.69, 9.17) is 5.43 Å². The van der Waals surface area contributed by atoms with Crippen molar-refractivity contribution >= 4 is 44.2 Å². The van der Waals surface area contributed by atoms with Gasteiger partial charge in [-0.25, -0.2) is 5.01 Å². The molecule has 1 radical (unpaired) electrons. The van der Waals surface area contributed by atoms with E-state index in [9.17, 15) is 43.3 Å². The summed E-state index contributed by atoms with van der Waals surface area (Å²) in [5.41, 5.74) is 10.8. The summed E-state index contributed by atoms with van der Waals surface area (Å²) in [6.45, 7) is 26.1. The Labute approximate surface area is 445 Å². The first kappa shape index (κ1) is 59.7. The van der Waals surface area contributed by atoms with Gasteiger partial charge in [-0.3, -0.25) is 34.9 Å². The van der Waals surface area contributed by atoms with E-state index in [0.717, 1.165) is 103 Å². The number of nitro groups is 3. The molecule has 0 saturated carbocycles. The van der Waals surface area contributed by atoms with Crippen LogP contribution in [0.25, 0.3) is 11.1 Å². The van der Waals surface area contributed by atoms with Gasteiger partial charge in [0, 0.05) is 0 Å². The molecule has 15 heteroatoms. The van der Waals surface area contributed by atoms with Crippen LogP contribution in [0.1, 0.15) is 180 Å². The number of nitrogens with zero attached hydrogens (tertiary/aromatic N) is 5. The molecule has 14 nitrogen and oxygen atoms in total. The molecule has 0 spiro atoms. The second kappa shape index (κ2) is 24.7. The Morgan fingerprint density at radius 3 is 1.48 bits per heavy atom. The second-order valence-electron chi connectivity index (χ2n) is 24.3. The molecule has 0 heterocycles. The number of hydrogen-bond donors (Lipinski definition) is 1. The monoisotopic (exact) mass is 1050 g/mol. The second-order valence-corrected chi connectivity index (χ2v) is 25.8. The van der Waals surface area contributed by atoms with E-state index >= 15 is 0 Å². The highest BCUT2D eigenvalue weighted by molar-refractivity contribution is 7.85. The molecule has 405 valence electrons. The average Bonchev–Trinajstić information content (AvgIpc) is 3.29. The molecular weight excluding hydrogens is 967 g/mol. The molecule has 0 unspecified atom stereocenters. The van der Waals surface area contributed by atoms with E-state index < -0.39 is 47.6 Å². The lowest BCUT2D eigenvalue weighted by molar-refractivity contribution is -0.402. The highest BCUT2D eigenvalue weighted by Gasteiger charge is 2.36. The van der Waals surface area contributed by atoms with Gasteiger partial charge in [-0.15, -0.1) is 0 Å². The van der Waals surface area contributed by atoms with Crippen LogP contribution < -0.4 is 10.4 Å². The number of anilines is 2. The zero-order valence-corrected chi connectivity index (χ0v) is 47.2. The van der Waals surface area contributed by atoms with E-state index in [0.29, 0.717) is 11.4 Å². The van der Waals surface area contributed by atoms with Gasteiger partial charge in [0.15, 0.2) is 0 Å². The van der Waals surface area contributed by atoms with Crippen molar-refractivity contribution in [2.24, 2.45) is 10.8 Å². The molecule has 5 aromatic carbocycles. The van der Waals surface area contributed by atoms with Crippen molar-refractivity contribution in [1.29, 1.82) is 0 Å². The van der Waals surface area contributed by atoms with Crippen LogP contribution in [0.3, 0.4) is 0 Å². The molecule has 0 aromatic heterocycles. The van der Waals surface area contributed by atoms with Crippen LogP contribution in [0.5, 0.6) is 0 Å². The van der Waals surface area contributed by atoms with Crippen molar-refractivity contribution in [2.45, 2.75) is 189 Å². The molecule has 0 aliphatic heterocycles. The van der Waals surface area contributed by atoms with Gasteiger partial charge < -0.3 is 0 Å². The van der Waals surface area contributed by atoms with Gasteiger partial charge in [-0.05, 0) is 149 Å². The largest absolute Gasteiger partial charge is 0.310 e. The molecule has 5 aromatic rings. The minimum Gasteiger partial charge on any atom is -0.282 e. The lowest BCUT2D eigenvalue weighted by atomic mass is 9.70. The lowest BCUT2D eigenvalue weighted by Crippen LogP contribution is -2.29. The minimum absolute atomic E-state index is 0.0182. The molecule has 0 aliphatic rings. The van der Waals surface area contributed by atoms with E-state index in [-0.39, 0.29) is 26.6 Å². The highest BCUT2D eigenvalue weighted by atomic mass is 32.2. The normalized spacial score (nSPS) is 12.4. The van der Waals surface area contributed by atoms with Crippen molar-refractivity contribution in [1.82, 2.24) is 5.43 Å². The molecule has 0 aliphatic carbocycles. The average molecular weight is 1050 g/mol. The number of unbranched alkanes of at least 4 members (excludes halogenated alkanes) is 9. The molecular formula is C60H80N5O9S. The van der Waals surface area contributed by atoms with Gasteiger partial charge in [0.05, 0.1) is 43.2 Å². The van der Waals surface area contributed by atoms with Gasteiger partial charge in [-0.1, -0.05) is 169 Å². The molecule has 0 saturated heterocycles. The summed E-state index contributed by atoms with van der Waals surface area (Å²) < 4.78 is 32.3. The van der Waals surface area contributed by atoms with Gasteiger partial charge >= 0.3 is 11.4 Å². The number of non-ortho nitro benzene ring substituents is 1. The van der Waals surface area contributed by atoms with Gasteiger partial charge in [-0.2, -0.15) is 13.8 Å². The Bertz CT molecular complexity index is 2900. The van der Waals surface area contributed by atoms with Crippen LogP contribution >= 0.6 is 0 Å². The lowest BCUT2D eigenvalue weighted by Gasteiger charge is -2.36. The third kappa shape index (κ3) is 17.2. The van der Waals surface area contributed by atoms with Crippen LogP contribution in [-0.4, -0.2) is 27.7 Å². The Hall–Kier alpha value is -6.19. The van der Waals surface area contributed by atoms with Crippen molar-refractivity contribution in [2.75, 3.05) is 5.01 Å². The van der Waals surface area contributed by atoms with E-state index in [1.54, 1.807) is 12.1 Å². The Morgan fingerprint density at radius 1 is 0.533 bits per heavy atom. The Balaban J connectivity index is 1.30. The molecule has 0 amide bonds. The van der Waals surface area contributed by atoms with E-state index in [1.807, 2.05) is 31.2 Å². The maximum absolute atomic E-state index is 12.6. The Morgan fingerprint density at radius 2 is 1.00 bits per heavy atom. The predicted molar refractivity (Wildman–Crippen MR) is 302 cm³/mol. The Kier molecular flexibility index (Phi) is 19.6. The van der Waals surface area contributed by atoms with Crippen molar-refractivity contribution in [3.63, 3.8) is 0 Å². The first-order chi connectivity index (χ1) is 34.8. The van der Waals surface area contributed by atoms with Crippen LogP contribution in [0.4, 0.5) is 34.1 Å². The molecule has 75 heavy (non-hydrogen) atoms. The first-order valence-corrected chi connectivity index (χ1v) is 27.9. The summed E-state index contributed by atoms with van der Waals surface area (Å²) in [6.07, 6.45) is 14.9. The van der Waals surface area contributed by atoms with Crippen molar-refractivity contribution < 1.29 is 27.7 Å². The zero-order chi connectivity index (χ0) is 55.7. The summed E-state index contributed by atoms with van der Waals surface area (Å²) in [5.74, 6) is 0. The summed E-state index contributed by atoms with van der Waals surface area (Å²) in [6, 6.07) is 26.2. The number of hydrogen-bond acceptors (Lipinski definition) is 9. The van der Waals surface area contributed by atoms with Gasteiger partial charge in [0.25, 0.3) is 15.8 Å².